The number of rotatable bonds is 10. The van der Waals surface area contributed by atoms with Gasteiger partial charge in [-0.05, 0) is 24.1 Å². The third-order valence-electron chi connectivity index (χ3n) is 6.56. The number of ether oxygens (including phenoxy) is 2. The first kappa shape index (κ1) is 24.9. The fourth-order valence-electron chi connectivity index (χ4n) is 4.57. The highest BCUT2D eigenvalue weighted by Crippen LogP contribution is 2.39. The summed E-state index contributed by atoms with van der Waals surface area (Å²) in [5, 5.41) is 11.1. The minimum absolute atomic E-state index is 0.125. The van der Waals surface area contributed by atoms with E-state index in [1.165, 1.54) is 0 Å². The number of ketones is 1. The Labute approximate surface area is 206 Å². The van der Waals surface area contributed by atoms with Crippen LogP contribution >= 0.6 is 0 Å². The van der Waals surface area contributed by atoms with Crippen molar-refractivity contribution in [3.05, 3.63) is 71.3 Å². The minimum atomic E-state index is -0.662. The van der Waals surface area contributed by atoms with Crippen molar-refractivity contribution in [3.63, 3.8) is 0 Å². The zero-order valence-electron chi connectivity index (χ0n) is 20.3. The fraction of sp³-hybridized carbons (Fsp3) is 0.429. The maximum absolute atomic E-state index is 13.2. The summed E-state index contributed by atoms with van der Waals surface area (Å²) < 4.78 is 11.3. The molecule has 1 atom stereocenters. The number of aliphatic hydroxyl groups excluding tert-OH is 1. The molecule has 1 unspecified atom stereocenters. The molecule has 7 heteroatoms. The molecule has 2 aromatic carbocycles. The van der Waals surface area contributed by atoms with Crippen molar-refractivity contribution in [1.29, 1.82) is 0 Å². The van der Waals surface area contributed by atoms with E-state index in [4.69, 9.17) is 9.47 Å². The zero-order chi connectivity index (χ0) is 24.6. The summed E-state index contributed by atoms with van der Waals surface area (Å²) in [6.45, 7) is 6.74. The average molecular weight is 479 g/mol. The first-order valence-electron chi connectivity index (χ1n) is 12.5. The van der Waals surface area contributed by atoms with Crippen LogP contribution in [0.3, 0.4) is 0 Å². The van der Waals surface area contributed by atoms with Gasteiger partial charge in [0, 0.05) is 31.7 Å². The quantitative estimate of drug-likeness (QED) is 0.241. The number of benzene rings is 2. The third kappa shape index (κ3) is 5.92. The van der Waals surface area contributed by atoms with Crippen LogP contribution in [0.5, 0.6) is 5.75 Å². The summed E-state index contributed by atoms with van der Waals surface area (Å²) in [6.07, 6.45) is 3.25. The normalized spacial score (nSPS) is 20.4. The lowest BCUT2D eigenvalue weighted by atomic mass is 9.95. The molecule has 2 heterocycles. The van der Waals surface area contributed by atoms with Gasteiger partial charge in [0.05, 0.1) is 31.4 Å². The van der Waals surface area contributed by atoms with Crippen LogP contribution in [0.25, 0.3) is 5.76 Å². The number of likely N-dealkylation sites (tertiary alicyclic amines) is 1. The predicted octanol–water partition coefficient (Wildman–Crippen LogP) is 4.01. The number of aliphatic hydroxyl groups is 1. The Balaban J connectivity index is 1.63. The number of hydrogen-bond acceptors (Lipinski definition) is 6. The molecule has 0 radical (unpaired) electrons. The van der Waals surface area contributed by atoms with E-state index >= 15 is 0 Å². The summed E-state index contributed by atoms with van der Waals surface area (Å²) in [7, 11) is 0. The summed E-state index contributed by atoms with van der Waals surface area (Å²) >= 11 is 0. The second kappa shape index (κ2) is 12.0. The highest BCUT2D eigenvalue weighted by atomic mass is 16.5. The van der Waals surface area contributed by atoms with Crippen molar-refractivity contribution in [3.8, 4) is 5.75 Å². The molecule has 35 heavy (non-hydrogen) atoms. The van der Waals surface area contributed by atoms with E-state index < -0.39 is 17.7 Å². The smallest absolute Gasteiger partial charge is 0.295 e. The SMILES string of the molecule is CCCCCOc1ccc(C2C(=C(O)c3ccccc3)C(=O)C(=O)N2CCN2CCOCC2)cc1. The van der Waals surface area contributed by atoms with Gasteiger partial charge in [0.2, 0.25) is 0 Å². The van der Waals surface area contributed by atoms with E-state index in [2.05, 4.69) is 11.8 Å². The third-order valence-corrected chi connectivity index (χ3v) is 6.56. The number of Topliss-reactive ketones (excluding diaryl/α,β-unsaturated/α-hetero) is 1. The zero-order valence-corrected chi connectivity index (χ0v) is 20.3. The Morgan fingerprint density at radius 1 is 1.00 bits per heavy atom. The number of amides is 1. The highest BCUT2D eigenvalue weighted by molar-refractivity contribution is 6.46. The van der Waals surface area contributed by atoms with Crippen LogP contribution in [0.2, 0.25) is 0 Å². The molecule has 2 aromatic rings. The molecule has 7 nitrogen and oxygen atoms in total. The van der Waals surface area contributed by atoms with E-state index in [9.17, 15) is 14.7 Å². The van der Waals surface area contributed by atoms with Crippen molar-refractivity contribution in [2.24, 2.45) is 0 Å². The molecule has 2 fully saturated rings. The van der Waals surface area contributed by atoms with Gasteiger partial charge >= 0.3 is 0 Å². The van der Waals surface area contributed by atoms with Crippen molar-refractivity contribution < 1.29 is 24.2 Å². The number of hydrogen-bond donors (Lipinski definition) is 1. The molecule has 2 aliphatic rings. The van der Waals surface area contributed by atoms with Crippen molar-refractivity contribution in [2.45, 2.75) is 32.2 Å². The monoisotopic (exact) mass is 478 g/mol. The van der Waals surface area contributed by atoms with Crippen LogP contribution < -0.4 is 4.74 Å². The lowest BCUT2D eigenvalue weighted by molar-refractivity contribution is -0.140. The van der Waals surface area contributed by atoms with Gasteiger partial charge in [0.25, 0.3) is 11.7 Å². The van der Waals surface area contributed by atoms with Crippen LogP contribution in [0.15, 0.2) is 60.2 Å². The van der Waals surface area contributed by atoms with Gasteiger partial charge in [0.15, 0.2) is 0 Å². The number of carbonyl (C=O) groups excluding carboxylic acids is 2. The van der Waals surface area contributed by atoms with Crippen LogP contribution in [-0.4, -0.2) is 72.6 Å². The van der Waals surface area contributed by atoms with Crippen molar-refractivity contribution >= 4 is 17.4 Å². The Morgan fingerprint density at radius 2 is 1.71 bits per heavy atom. The second-order valence-corrected chi connectivity index (χ2v) is 8.94. The molecule has 2 saturated heterocycles. The Morgan fingerprint density at radius 3 is 2.40 bits per heavy atom. The number of morpholine rings is 1. The van der Waals surface area contributed by atoms with E-state index in [1.54, 1.807) is 29.2 Å². The lowest BCUT2D eigenvalue weighted by Gasteiger charge is -2.31. The molecule has 0 bridgehead atoms. The van der Waals surface area contributed by atoms with Crippen LogP contribution in [0.4, 0.5) is 0 Å². The largest absolute Gasteiger partial charge is 0.507 e. The van der Waals surface area contributed by atoms with E-state index in [-0.39, 0.29) is 11.3 Å². The molecular weight excluding hydrogens is 444 g/mol. The van der Waals surface area contributed by atoms with E-state index in [0.29, 0.717) is 38.5 Å². The van der Waals surface area contributed by atoms with Crippen molar-refractivity contribution in [1.82, 2.24) is 9.80 Å². The molecule has 0 aromatic heterocycles. The Hall–Kier alpha value is -3.16. The van der Waals surface area contributed by atoms with Crippen LogP contribution in [-0.2, 0) is 14.3 Å². The average Bonchev–Trinajstić information content (AvgIpc) is 3.16. The van der Waals surface area contributed by atoms with E-state index in [1.807, 2.05) is 30.3 Å². The topological polar surface area (TPSA) is 79.3 Å². The molecule has 0 aliphatic carbocycles. The summed E-state index contributed by atoms with van der Waals surface area (Å²) in [4.78, 5) is 30.1. The number of nitrogens with zero attached hydrogens (tertiary/aromatic N) is 2. The maximum Gasteiger partial charge on any atom is 0.295 e. The Kier molecular flexibility index (Phi) is 8.55. The summed E-state index contributed by atoms with van der Waals surface area (Å²) in [5.74, 6) is -0.639. The fourth-order valence-corrected chi connectivity index (χ4v) is 4.57. The molecule has 1 N–H and O–H groups in total. The summed E-state index contributed by atoms with van der Waals surface area (Å²) in [5.41, 5.74) is 1.41. The van der Waals surface area contributed by atoms with Crippen LogP contribution in [0.1, 0.15) is 43.4 Å². The van der Waals surface area contributed by atoms with Gasteiger partial charge in [-0.3, -0.25) is 14.5 Å². The lowest BCUT2D eigenvalue weighted by Crippen LogP contribution is -2.42. The number of carbonyl (C=O) groups is 2. The first-order chi connectivity index (χ1) is 17.1. The molecule has 1 amide bonds. The molecule has 4 rings (SSSR count). The van der Waals surface area contributed by atoms with Crippen molar-refractivity contribution in [2.75, 3.05) is 46.0 Å². The second-order valence-electron chi connectivity index (χ2n) is 8.94. The van der Waals surface area contributed by atoms with Gasteiger partial charge in [-0.2, -0.15) is 0 Å². The van der Waals surface area contributed by atoms with E-state index in [0.717, 1.165) is 43.7 Å². The van der Waals surface area contributed by atoms with Gasteiger partial charge in [-0.15, -0.1) is 0 Å². The maximum atomic E-state index is 13.2. The molecule has 186 valence electrons. The standard InChI is InChI=1S/C28H34N2O5/c1-2-3-7-18-35-23-12-10-21(11-13-23)25-24(26(31)22-8-5-4-6-9-22)27(32)28(33)30(25)15-14-29-16-19-34-20-17-29/h4-6,8-13,25,31H,2-3,7,14-20H2,1H3. The predicted molar refractivity (Wildman–Crippen MR) is 134 cm³/mol. The molecule has 0 spiro atoms. The van der Waals surface area contributed by atoms with Crippen LogP contribution in [0, 0.1) is 0 Å². The first-order valence-corrected chi connectivity index (χ1v) is 12.5. The minimum Gasteiger partial charge on any atom is -0.507 e. The van der Waals surface area contributed by atoms with Gasteiger partial charge in [-0.25, -0.2) is 0 Å². The van der Waals surface area contributed by atoms with Gasteiger partial charge < -0.3 is 19.5 Å². The molecular formula is C28H34N2O5. The number of unbranched alkanes of at least 4 members (excludes halogenated alkanes) is 2. The molecule has 2 aliphatic heterocycles. The Bertz CT molecular complexity index is 1030. The van der Waals surface area contributed by atoms with Gasteiger partial charge in [-0.1, -0.05) is 62.2 Å². The van der Waals surface area contributed by atoms with Gasteiger partial charge in [0.1, 0.15) is 11.5 Å². The molecule has 0 saturated carbocycles. The highest BCUT2D eigenvalue weighted by Gasteiger charge is 2.46. The summed E-state index contributed by atoms with van der Waals surface area (Å²) in [6, 6.07) is 15.7.